The second-order valence-corrected chi connectivity index (χ2v) is 5.44. The van der Waals surface area contributed by atoms with E-state index >= 15 is 0 Å². The zero-order valence-electron chi connectivity index (χ0n) is 12.5. The van der Waals surface area contributed by atoms with Gasteiger partial charge in [-0.05, 0) is 43.7 Å². The van der Waals surface area contributed by atoms with Gasteiger partial charge in [-0.1, -0.05) is 36.4 Å². The maximum Gasteiger partial charge on any atom is 0.161 e. The summed E-state index contributed by atoms with van der Waals surface area (Å²) in [4.78, 5) is 0. The van der Waals surface area contributed by atoms with Crippen LogP contribution in [0, 0.1) is 6.92 Å². The Morgan fingerprint density at radius 2 is 1.81 bits per heavy atom. The van der Waals surface area contributed by atoms with Gasteiger partial charge in [0.15, 0.2) is 11.5 Å². The zero-order chi connectivity index (χ0) is 14.7. The van der Waals surface area contributed by atoms with Crippen LogP contribution < -0.4 is 14.8 Å². The molecular formula is C18H21NO2. The highest BCUT2D eigenvalue weighted by Gasteiger charge is 2.28. The van der Waals surface area contributed by atoms with E-state index in [-0.39, 0.29) is 12.1 Å². The summed E-state index contributed by atoms with van der Waals surface area (Å²) in [5, 5.41) is 3.37. The summed E-state index contributed by atoms with van der Waals surface area (Å²) in [6, 6.07) is 16.5. The molecule has 3 rings (SSSR count). The molecule has 1 aliphatic heterocycles. The van der Waals surface area contributed by atoms with Gasteiger partial charge in [0.05, 0.1) is 6.04 Å². The summed E-state index contributed by atoms with van der Waals surface area (Å²) >= 11 is 0. The van der Waals surface area contributed by atoms with Crippen molar-refractivity contribution in [2.24, 2.45) is 0 Å². The molecule has 1 aliphatic rings. The maximum atomic E-state index is 6.11. The van der Waals surface area contributed by atoms with Gasteiger partial charge in [-0.25, -0.2) is 0 Å². The quantitative estimate of drug-likeness (QED) is 0.936. The van der Waals surface area contributed by atoms with Crippen LogP contribution >= 0.6 is 0 Å². The molecule has 0 saturated carbocycles. The number of fused-ring (bicyclic) bond motifs is 1. The number of rotatable bonds is 4. The summed E-state index contributed by atoms with van der Waals surface area (Å²) in [7, 11) is 1.98. The maximum absolute atomic E-state index is 6.11. The summed E-state index contributed by atoms with van der Waals surface area (Å²) in [6.07, 6.45) is 0.948. The molecule has 1 heterocycles. The van der Waals surface area contributed by atoms with Crippen molar-refractivity contribution in [3.8, 4) is 11.5 Å². The number of benzene rings is 2. The SMILES string of the molecule is CNC(Cc1ccccc1C)C1COc2ccccc2O1. The van der Waals surface area contributed by atoms with E-state index in [1.807, 2.05) is 31.3 Å². The molecule has 2 aromatic carbocycles. The number of nitrogens with one attached hydrogen (secondary N) is 1. The average Bonchev–Trinajstić information content (AvgIpc) is 2.54. The predicted molar refractivity (Wildman–Crippen MR) is 84.1 cm³/mol. The Labute approximate surface area is 125 Å². The molecule has 0 aromatic heterocycles. The number of aryl methyl sites for hydroxylation is 1. The van der Waals surface area contributed by atoms with Crippen molar-refractivity contribution >= 4 is 0 Å². The molecule has 0 spiro atoms. The van der Waals surface area contributed by atoms with Crippen LogP contribution in [0.25, 0.3) is 0 Å². The van der Waals surface area contributed by atoms with Gasteiger partial charge in [-0.3, -0.25) is 0 Å². The van der Waals surface area contributed by atoms with Crippen LogP contribution in [0.4, 0.5) is 0 Å². The van der Waals surface area contributed by atoms with Gasteiger partial charge >= 0.3 is 0 Å². The monoisotopic (exact) mass is 283 g/mol. The first kappa shape index (κ1) is 14.0. The van der Waals surface area contributed by atoms with Crippen molar-refractivity contribution in [3.63, 3.8) is 0 Å². The number of ether oxygens (including phenoxy) is 2. The molecule has 21 heavy (non-hydrogen) atoms. The van der Waals surface area contributed by atoms with E-state index in [1.165, 1.54) is 11.1 Å². The van der Waals surface area contributed by atoms with E-state index in [0.29, 0.717) is 6.61 Å². The second-order valence-electron chi connectivity index (χ2n) is 5.44. The van der Waals surface area contributed by atoms with Crippen molar-refractivity contribution in [3.05, 3.63) is 59.7 Å². The van der Waals surface area contributed by atoms with Crippen molar-refractivity contribution in [2.45, 2.75) is 25.5 Å². The largest absolute Gasteiger partial charge is 0.486 e. The average molecular weight is 283 g/mol. The summed E-state index contributed by atoms with van der Waals surface area (Å²) in [6.45, 7) is 2.73. The number of likely N-dealkylation sites (N-methyl/N-ethyl adjacent to an activating group) is 1. The van der Waals surface area contributed by atoms with Gasteiger partial charge in [0, 0.05) is 0 Å². The van der Waals surface area contributed by atoms with Gasteiger partial charge in [-0.15, -0.1) is 0 Å². The smallest absolute Gasteiger partial charge is 0.161 e. The highest BCUT2D eigenvalue weighted by molar-refractivity contribution is 5.41. The van der Waals surface area contributed by atoms with Crippen LogP contribution in [0.1, 0.15) is 11.1 Å². The summed E-state index contributed by atoms with van der Waals surface area (Å²) in [5.74, 6) is 1.67. The predicted octanol–water partition coefficient (Wildman–Crippen LogP) is 2.97. The lowest BCUT2D eigenvalue weighted by Gasteiger charge is -2.32. The molecule has 0 bridgehead atoms. The lowest BCUT2D eigenvalue weighted by molar-refractivity contribution is 0.0640. The van der Waals surface area contributed by atoms with Crippen molar-refractivity contribution < 1.29 is 9.47 Å². The molecule has 2 aromatic rings. The van der Waals surface area contributed by atoms with Gasteiger partial charge in [0.2, 0.25) is 0 Å². The van der Waals surface area contributed by atoms with Crippen LogP contribution in [0.3, 0.4) is 0 Å². The van der Waals surface area contributed by atoms with Crippen LogP contribution in [0.2, 0.25) is 0 Å². The molecule has 0 fully saturated rings. The molecular weight excluding hydrogens is 262 g/mol. The van der Waals surface area contributed by atoms with Crippen molar-refractivity contribution in [1.82, 2.24) is 5.32 Å². The molecule has 2 unspecified atom stereocenters. The minimum Gasteiger partial charge on any atom is -0.486 e. The van der Waals surface area contributed by atoms with Gasteiger partial charge in [0.1, 0.15) is 12.7 Å². The third kappa shape index (κ3) is 3.03. The minimum atomic E-state index is 0.0181. The van der Waals surface area contributed by atoms with Crippen molar-refractivity contribution in [2.75, 3.05) is 13.7 Å². The fourth-order valence-electron chi connectivity index (χ4n) is 2.73. The Morgan fingerprint density at radius 3 is 2.57 bits per heavy atom. The Balaban J connectivity index is 1.74. The molecule has 0 saturated heterocycles. The summed E-state index contributed by atoms with van der Waals surface area (Å²) in [5.41, 5.74) is 2.66. The first-order chi connectivity index (χ1) is 10.3. The molecule has 0 amide bonds. The van der Waals surface area contributed by atoms with Crippen LogP contribution in [0.5, 0.6) is 11.5 Å². The van der Waals surface area contributed by atoms with E-state index in [4.69, 9.17) is 9.47 Å². The molecule has 3 heteroatoms. The van der Waals surface area contributed by atoms with Gasteiger partial charge in [-0.2, -0.15) is 0 Å². The lowest BCUT2D eigenvalue weighted by atomic mass is 9.97. The highest BCUT2D eigenvalue weighted by atomic mass is 16.6. The van der Waals surface area contributed by atoms with Gasteiger partial charge < -0.3 is 14.8 Å². The Hall–Kier alpha value is -2.00. The number of para-hydroxylation sites is 2. The van der Waals surface area contributed by atoms with E-state index < -0.39 is 0 Å². The zero-order valence-corrected chi connectivity index (χ0v) is 12.5. The fraction of sp³-hybridized carbons (Fsp3) is 0.333. The van der Waals surface area contributed by atoms with E-state index in [9.17, 15) is 0 Å². The first-order valence-corrected chi connectivity index (χ1v) is 7.38. The molecule has 2 atom stereocenters. The Bertz CT molecular complexity index is 612. The van der Waals surface area contributed by atoms with E-state index in [0.717, 1.165) is 17.9 Å². The lowest BCUT2D eigenvalue weighted by Crippen LogP contribution is -2.47. The molecule has 110 valence electrons. The van der Waals surface area contributed by atoms with Crippen molar-refractivity contribution in [1.29, 1.82) is 0 Å². The van der Waals surface area contributed by atoms with Crippen LogP contribution in [-0.2, 0) is 6.42 Å². The standard InChI is InChI=1S/C18H21NO2/c1-13-7-3-4-8-14(13)11-15(19-2)18-12-20-16-9-5-6-10-17(16)21-18/h3-10,15,18-19H,11-12H2,1-2H3. The fourth-order valence-corrected chi connectivity index (χ4v) is 2.73. The van der Waals surface area contributed by atoms with Crippen LogP contribution in [-0.4, -0.2) is 25.8 Å². The molecule has 1 N–H and O–H groups in total. The first-order valence-electron chi connectivity index (χ1n) is 7.38. The van der Waals surface area contributed by atoms with Gasteiger partial charge in [0.25, 0.3) is 0 Å². The third-order valence-electron chi connectivity index (χ3n) is 4.05. The van der Waals surface area contributed by atoms with Crippen LogP contribution in [0.15, 0.2) is 48.5 Å². The normalized spacial score (nSPS) is 18.3. The molecule has 0 radical (unpaired) electrons. The highest BCUT2D eigenvalue weighted by Crippen LogP contribution is 2.32. The number of hydrogen-bond acceptors (Lipinski definition) is 3. The summed E-state index contributed by atoms with van der Waals surface area (Å²) < 4.78 is 11.9. The molecule has 3 nitrogen and oxygen atoms in total. The van der Waals surface area contributed by atoms with E-state index in [1.54, 1.807) is 0 Å². The topological polar surface area (TPSA) is 30.5 Å². The molecule has 0 aliphatic carbocycles. The van der Waals surface area contributed by atoms with E-state index in [2.05, 4.69) is 36.5 Å². The third-order valence-corrected chi connectivity index (χ3v) is 4.05. The second kappa shape index (κ2) is 6.19. The Morgan fingerprint density at radius 1 is 1.10 bits per heavy atom. The Kier molecular flexibility index (Phi) is 4.11. The number of hydrogen-bond donors (Lipinski definition) is 1. The minimum absolute atomic E-state index is 0.0181.